The van der Waals surface area contributed by atoms with Crippen molar-refractivity contribution < 1.29 is 13.6 Å². The number of aromatic nitrogens is 2. The second kappa shape index (κ2) is 7.67. The Balaban J connectivity index is 2.03. The van der Waals surface area contributed by atoms with E-state index in [0.717, 1.165) is 6.07 Å². The average molecular weight is 390 g/mol. The number of rotatable bonds is 4. The van der Waals surface area contributed by atoms with Gasteiger partial charge < -0.3 is 9.88 Å². The van der Waals surface area contributed by atoms with Gasteiger partial charge >= 0.3 is 0 Å². The van der Waals surface area contributed by atoms with Gasteiger partial charge in [-0.05, 0) is 35.9 Å². The second-order valence-electron chi connectivity index (χ2n) is 5.82. The Labute approximate surface area is 158 Å². The fourth-order valence-electron chi connectivity index (χ4n) is 2.55. The zero-order valence-electron chi connectivity index (χ0n) is 14.1. The molecule has 5 nitrogen and oxygen atoms in total. The fourth-order valence-corrected chi connectivity index (χ4v) is 2.67. The van der Waals surface area contributed by atoms with Crippen molar-refractivity contribution in [1.82, 2.24) is 14.9 Å². The van der Waals surface area contributed by atoms with E-state index in [2.05, 4.69) is 10.3 Å². The molecule has 0 aliphatic rings. The molecule has 27 heavy (non-hydrogen) atoms. The molecule has 8 heteroatoms. The maximum atomic E-state index is 14.3. The fraction of sp³-hybridized carbons (Fsp3) is 0.105. The lowest BCUT2D eigenvalue weighted by Gasteiger charge is -2.20. The summed E-state index contributed by atoms with van der Waals surface area (Å²) in [5, 5.41) is 2.54. The molecule has 0 saturated heterocycles. The summed E-state index contributed by atoms with van der Waals surface area (Å²) in [6.07, 6.45) is 2.72. The molecule has 2 aromatic heterocycles. The number of aryl methyl sites for hydroxylation is 1. The van der Waals surface area contributed by atoms with Crippen molar-refractivity contribution in [1.29, 1.82) is 0 Å². The normalized spacial score (nSPS) is 11.9. The highest BCUT2D eigenvalue weighted by Gasteiger charge is 2.23. The molecule has 1 amide bonds. The minimum absolute atomic E-state index is 0.0719. The molecule has 0 fully saturated rings. The van der Waals surface area contributed by atoms with Crippen LogP contribution in [0.5, 0.6) is 0 Å². The Bertz CT molecular complexity index is 1070. The van der Waals surface area contributed by atoms with Gasteiger partial charge in [-0.25, -0.2) is 8.78 Å². The van der Waals surface area contributed by atoms with Crippen molar-refractivity contribution in [3.63, 3.8) is 0 Å². The quantitative estimate of drug-likeness (QED) is 0.745. The molecule has 1 aromatic carbocycles. The van der Waals surface area contributed by atoms with Crippen LogP contribution in [0, 0.1) is 11.6 Å². The van der Waals surface area contributed by atoms with Crippen LogP contribution in [0.25, 0.3) is 0 Å². The largest absolute Gasteiger partial charge is 0.339 e. The van der Waals surface area contributed by atoms with Gasteiger partial charge in [-0.15, -0.1) is 0 Å². The van der Waals surface area contributed by atoms with E-state index >= 15 is 0 Å². The molecule has 1 atom stereocenters. The van der Waals surface area contributed by atoms with Crippen molar-refractivity contribution in [3.05, 3.63) is 98.7 Å². The van der Waals surface area contributed by atoms with E-state index in [-0.39, 0.29) is 27.4 Å². The van der Waals surface area contributed by atoms with Crippen molar-refractivity contribution in [2.75, 3.05) is 0 Å². The van der Waals surface area contributed by atoms with Gasteiger partial charge in [-0.1, -0.05) is 17.7 Å². The number of hydrogen-bond acceptors (Lipinski definition) is 3. The van der Waals surface area contributed by atoms with Crippen LogP contribution in [0.1, 0.15) is 27.7 Å². The Morgan fingerprint density at radius 2 is 1.96 bits per heavy atom. The first-order valence-electron chi connectivity index (χ1n) is 7.89. The number of pyridine rings is 2. The van der Waals surface area contributed by atoms with Crippen LogP contribution in [0.3, 0.4) is 0 Å². The maximum Gasteiger partial charge on any atom is 0.253 e. The summed E-state index contributed by atoms with van der Waals surface area (Å²) in [7, 11) is 1.50. The number of halogens is 3. The minimum atomic E-state index is -1.05. The van der Waals surface area contributed by atoms with E-state index in [0.29, 0.717) is 0 Å². The first-order valence-corrected chi connectivity index (χ1v) is 8.27. The molecule has 0 saturated carbocycles. The minimum Gasteiger partial charge on any atom is -0.339 e. The molecule has 0 radical (unpaired) electrons. The number of carbonyl (C=O) groups is 1. The van der Waals surface area contributed by atoms with Crippen molar-refractivity contribution in [2.24, 2.45) is 7.05 Å². The second-order valence-corrected chi connectivity index (χ2v) is 6.22. The number of hydrogen-bond donors (Lipinski definition) is 1. The Hall–Kier alpha value is -3.06. The Morgan fingerprint density at radius 3 is 2.63 bits per heavy atom. The van der Waals surface area contributed by atoms with E-state index in [1.165, 1.54) is 60.4 Å². The van der Waals surface area contributed by atoms with E-state index in [4.69, 9.17) is 11.6 Å². The summed E-state index contributed by atoms with van der Waals surface area (Å²) in [4.78, 5) is 28.1. The van der Waals surface area contributed by atoms with Crippen LogP contribution < -0.4 is 10.9 Å². The highest BCUT2D eigenvalue weighted by Crippen LogP contribution is 2.26. The molecular weight excluding hydrogens is 376 g/mol. The maximum absolute atomic E-state index is 14.3. The standard InChI is InChI=1S/C19H14ClF2N3O2/c1-25-10-12(5-7-16(25)26)19(27)24-17(18-14(21)3-2-8-23-18)11-4-6-13(20)15(22)9-11/h2-10,17H,1H3,(H,24,27). The third kappa shape index (κ3) is 4.03. The van der Waals surface area contributed by atoms with Crippen LogP contribution in [0.2, 0.25) is 5.02 Å². The molecule has 138 valence electrons. The van der Waals surface area contributed by atoms with Gasteiger partial charge in [0.1, 0.15) is 17.3 Å². The number of amides is 1. The highest BCUT2D eigenvalue weighted by molar-refractivity contribution is 6.30. The molecule has 1 N–H and O–H groups in total. The van der Waals surface area contributed by atoms with E-state index in [1.54, 1.807) is 0 Å². The molecule has 0 bridgehead atoms. The average Bonchev–Trinajstić information content (AvgIpc) is 2.65. The summed E-state index contributed by atoms with van der Waals surface area (Å²) >= 11 is 5.71. The van der Waals surface area contributed by atoms with Gasteiger partial charge in [0, 0.05) is 25.5 Å². The molecule has 0 aliphatic heterocycles. The molecule has 1 unspecified atom stereocenters. The molecule has 0 aliphatic carbocycles. The highest BCUT2D eigenvalue weighted by atomic mass is 35.5. The van der Waals surface area contributed by atoms with Crippen molar-refractivity contribution in [3.8, 4) is 0 Å². The van der Waals surface area contributed by atoms with Crippen molar-refractivity contribution >= 4 is 17.5 Å². The monoisotopic (exact) mass is 389 g/mol. The number of nitrogens with one attached hydrogen (secondary N) is 1. The van der Waals surface area contributed by atoms with Gasteiger partial charge in [-0.3, -0.25) is 14.6 Å². The van der Waals surface area contributed by atoms with E-state index in [1.807, 2.05) is 0 Å². The lowest BCUT2D eigenvalue weighted by molar-refractivity contribution is 0.0941. The number of benzene rings is 1. The third-order valence-corrected chi connectivity index (χ3v) is 4.27. The zero-order valence-corrected chi connectivity index (χ0v) is 14.9. The Morgan fingerprint density at radius 1 is 1.19 bits per heavy atom. The Kier molecular flexibility index (Phi) is 5.32. The van der Waals surface area contributed by atoms with Crippen LogP contribution >= 0.6 is 11.6 Å². The van der Waals surface area contributed by atoms with E-state index in [9.17, 15) is 18.4 Å². The number of nitrogens with zero attached hydrogens (tertiary/aromatic N) is 2. The molecular formula is C19H14ClF2N3O2. The lowest BCUT2D eigenvalue weighted by Crippen LogP contribution is -2.31. The smallest absolute Gasteiger partial charge is 0.253 e. The predicted octanol–water partition coefficient (Wildman–Crippen LogP) is 3.23. The topological polar surface area (TPSA) is 64.0 Å². The first kappa shape index (κ1) is 18.7. The first-order chi connectivity index (χ1) is 12.9. The van der Waals surface area contributed by atoms with E-state index < -0.39 is 23.6 Å². The zero-order chi connectivity index (χ0) is 19.6. The van der Waals surface area contributed by atoms with Gasteiger partial charge in [-0.2, -0.15) is 0 Å². The summed E-state index contributed by atoms with van der Waals surface area (Å²) in [6, 6.07) is 8.06. The molecule has 3 aromatic rings. The van der Waals surface area contributed by atoms with Gasteiger partial charge in [0.15, 0.2) is 0 Å². The lowest BCUT2D eigenvalue weighted by atomic mass is 10.0. The van der Waals surface area contributed by atoms with Crippen LogP contribution in [0.15, 0.2) is 59.7 Å². The molecule has 3 rings (SSSR count). The molecule has 0 spiro atoms. The van der Waals surface area contributed by atoms with Crippen LogP contribution in [-0.4, -0.2) is 15.5 Å². The van der Waals surface area contributed by atoms with Gasteiger partial charge in [0.05, 0.1) is 16.6 Å². The predicted molar refractivity (Wildman–Crippen MR) is 96.6 cm³/mol. The van der Waals surface area contributed by atoms with Gasteiger partial charge in [0.2, 0.25) is 5.56 Å². The van der Waals surface area contributed by atoms with Crippen LogP contribution in [0.4, 0.5) is 8.78 Å². The van der Waals surface area contributed by atoms with Crippen LogP contribution in [-0.2, 0) is 7.05 Å². The SMILES string of the molecule is Cn1cc(C(=O)NC(c2ccc(Cl)c(F)c2)c2ncccc2F)ccc1=O. The summed E-state index contributed by atoms with van der Waals surface area (Å²) < 4.78 is 29.5. The summed E-state index contributed by atoms with van der Waals surface area (Å²) in [5.41, 5.74) is 0.108. The summed E-state index contributed by atoms with van der Waals surface area (Å²) in [6.45, 7) is 0. The van der Waals surface area contributed by atoms with Crippen molar-refractivity contribution in [2.45, 2.75) is 6.04 Å². The third-order valence-electron chi connectivity index (χ3n) is 3.96. The summed E-state index contributed by atoms with van der Waals surface area (Å²) in [5.74, 6) is -1.93. The van der Waals surface area contributed by atoms with Gasteiger partial charge in [0.25, 0.3) is 5.91 Å². The number of carbonyl (C=O) groups excluding carboxylic acids is 1. The molecule has 2 heterocycles.